The molecule has 1 heterocycles. The van der Waals surface area contributed by atoms with Gasteiger partial charge in [0.2, 0.25) is 10.0 Å². The molecule has 8 heteroatoms. The molecule has 0 aliphatic heterocycles. The third-order valence-corrected chi connectivity index (χ3v) is 5.51. The predicted octanol–water partition coefficient (Wildman–Crippen LogP) is 2.36. The first kappa shape index (κ1) is 19.6. The van der Waals surface area contributed by atoms with Crippen molar-refractivity contribution in [1.29, 1.82) is 0 Å². The van der Waals surface area contributed by atoms with Crippen molar-refractivity contribution in [2.24, 2.45) is 11.7 Å². The highest BCUT2D eigenvalue weighted by molar-refractivity contribution is 7.89. The van der Waals surface area contributed by atoms with Crippen LogP contribution in [0.25, 0.3) is 5.69 Å². The summed E-state index contributed by atoms with van der Waals surface area (Å²) in [6.07, 6.45) is 3.85. The molecule has 0 fully saturated rings. The first-order chi connectivity index (χ1) is 11.6. The van der Waals surface area contributed by atoms with Crippen molar-refractivity contribution in [3.8, 4) is 5.69 Å². The summed E-state index contributed by atoms with van der Waals surface area (Å²) >= 11 is 0. The minimum atomic E-state index is -3.89. The zero-order chi connectivity index (χ0) is 18.8. The van der Waals surface area contributed by atoms with E-state index in [4.69, 9.17) is 5.73 Å². The van der Waals surface area contributed by atoms with E-state index in [1.165, 1.54) is 16.8 Å². The number of halogens is 1. The lowest BCUT2D eigenvalue weighted by Crippen LogP contribution is -2.52. The normalized spacial score (nSPS) is 14.7. The summed E-state index contributed by atoms with van der Waals surface area (Å²) in [6, 6.07) is 3.77. The minimum Gasteiger partial charge on any atom is -0.329 e. The molecule has 138 valence electrons. The van der Waals surface area contributed by atoms with Crippen LogP contribution in [0.4, 0.5) is 4.39 Å². The van der Waals surface area contributed by atoms with Gasteiger partial charge in [0.05, 0.1) is 11.1 Å². The third-order valence-electron chi connectivity index (χ3n) is 3.88. The van der Waals surface area contributed by atoms with Gasteiger partial charge in [-0.05, 0) is 49.9 Å². The van der Waals surface area contributed by atoms with Crippen molar-refractivity contribution in [2.75, 3.05) is 6.54 Å². The van der Waals surface area contributed by atoms with Gasteiger partial charge in [0.25, 0.3) is 0 Å². The van der Waals surface area contributed by atoms with E-state index in [1.807, 2.05) is 20.8 Å². The van der Waals surface area contributed by atoms with E-state index in [1.54, 1.807) is 19.3 Å². The standard InChI is InChI=1S/C17H25FN4O2S/c1-12(2)8-17(4,11-19)21-25(23,24)14-5-6-16(15(18)7-14)22-10-13(3)9-20-22/h5-7,9-10,12,21H,8,11,19H2,1-4H3. The van der Waals surface area contributed by atoms with Crippen LogP contribution in [0.15, 0.2) is 35.5 Å². The molecule has 0 saturated heterocycles. The number of aromatic nitrogens is 2. The molecule has 0 aliphatic carbocycles. The number of nitrogens with two attached hydrogens (primary N) is 1. The first-order valence-electron chi connectivity index (χ1n) is 8.11. The van der Waals surface area contributed by atoms with Crippen LogP contribution in [0.2, 0.25) is 0 Å². The molecule has 25 heavy (non-hydrogen) atoms. The van der Waals surface area contributed by atoms with E-state index in [-0.39, 0.29) is 23.0 Å². The fraction of sp³-hybridized carbons (Fsp3) is 0.471. The second kappa shape index (κ2) is 7.23. The number of aryl methyl sites for hydroxylation is 1. The van der Waals surface area contributed by atoms with Gasteiger partial charge in [-0.25, -0.2) is 22.2 Å². The molecule has 1 aromatic heterocycles. The Balaban J connectivity index is 2.32. The van der Waals surface area contributed by atoms with E-state index < -0.39 is 21.4 Å². The highest BCUT2D eigenvalue weighted by Gasteiger charge is 2.30. The van der Waals surface area contributed by atoms with Gasteiger partial charge in [0.1, 0.15) is 11.5 Å². The van der Waals surface area contributed by atoms with Gasteiger partial charge in [0, 0.05) is 18.3 Å². The minimum absolute atomic E-state index is 0.138. The SMILES string of the molecule is Cc1cnn(-c2ccc(S(=O)(=O)NC(C)(CN)CC(C)C)cc2F)c1. The van der Waals surface area contributed by atoms with E-state index in [9.17, 15) is 12.8 Å². The van der Waals surface area contributed by atoms with E-state index in [0.717, 1.165) is 11.6 Å². The molecule has 1 atom stereocenters. The fourth-order valence-electron chi connectivity index (χ4n) is 2.84. The van der Waals surface area contributed by atoms with Crippen LogP contribution in [-0.4, -0.2) is 30.3 Å². The Bertz CT molecular complexity index is 848. The van der Waals surface area contributed by atoms with Crippen LogP contribution in [0.1, 0.15) is 32.8 Å². The maximum absolute atomic E-state index is 14.4. The molecule has 3 N–H and O–H groups in total. The van der Waals surface area contributed by atoms with Gasteiger partial charge in [-0.1, -0.05) is 13.8 Å². The van der Waals surface area contributed by atoms with Crippen molar-refractivity contribution < 1.29 is 12.8 Å². The quantitative estimate of drug-likeness (QED) is 0.785. The summed E-state index contributed by atoms with van der Waals surface area (Å²) in [5, 5.41) is 4.04. The van der Waals surface area contributed by atoms with Crippen molar-refractivity contribution in [3.63, 3.8) is 0 Å². The Morgan fingerprint density at radius 3 is 2.56 bits per heavy atom. The van der Waals surface area contributed by atoms with Crippen LogP contribution in [0.3, 0.4) is 0 Å². The molecule has 0 saturated carbocycles. The van der Waals surface area contributed by atoms with Gasteiger partial charge < -0.3 is 5.73 Å². The predicted molar refractivity (Wildman–Crippen MR) is 95.5 cm³/mol. The summed E-state index contributed by atoms with van der Waals surface area (Å²) in [5.41, 5.74) is 6.04. The van der Waals surface area contributed by atoms with Gasteiger partial charge in [-0.3, -0.25) is 0 Å². The molecule has 6 nitrogen and oxygen atoms in total. The molecule has 0 radical (unpaired) electrons. The van der Waals surface area contributed by atoms with Crippen molar-refractivity contribution in [3.05, 3.63) is 42.0 Å². The van der Waals surface area contributed by atoms with Gasteiger partial charge in [-0.2, -0.15) is 5.10 Å². The lowest BCUT2D eigenvalue weighted by Gasteiger charge is -2.30. The number of sulfonamides is 1. The number of nitrogens with zero attached hydrogens (tertiary/aromatic N) is 2. The maximum Gasteiger partial charge on any atom is 0.241 e. The second-order valence-electron chi connectivity index (χ2n) is 7.04. The van der Waals surface area contributed by atoms with E-state index >= 15 is 0 Å². The zero-order valence-corrected chi connectivity index (χ0v) is 15.8. The highest BCUT2D eigenvalue weighted by Crippen LogP contribution is 2.22. The molecular formula is C17H25FN4O2S. The van der Waals surface area contributed by atoms with Crippen LogP contribution >= 0.6 is 0 Å². The Labute approximate surface area is 148 Å². The summed E-state index contributed by atoms with van der Waals surface area (Å²) in [6.45, 7) is 7.72. The lowest BCUT2D eigenvalue weighted by atomic mass is 9.92. The van der Waals surface area contributed by atoms with Crippen LogP contribution in [0.5, 0.6) is 0 Å². The van der Waals surface area contributed by atoms with Crippen molar-refractivity contribution in [1.82, 2.24) is 14.5 Å². The maximum atomic E-state index is 14.4. The van der Waals surface area contributed by atoms with E-state index in [2.05, 4.69) is 9.82 Å². The third kappa shape index (κ3) is 4.65. The van der Waals surface area contributed by atoms with Crippen LogP contribution in [-0.2, 0) is 10.0 Å². The topological polar surface area (TPSA) is 90.0 Å². The summed E-state index contributed by atoms with van der Waals surface area (Å²) < 4.78 is 43.7. The molecule has 0 spiro atoms. The number of benzene rings is 1. The second-order valence-corrected chi connectivity index (χ2v) is 8.73. The molecule has 1 aromatic carbocycles. The number of hydrogen-bond acceptors (Lipinski definition) is 4. The summed E-state index contributed by atoms with van der Waals surface area (Å²) in [4.78, 5) is -0.138. The van der Waals surface area contributed by atoms with Crippen LogP contribution in [0, 0.1) is 18.7 Å². The van der Waals surface area contributed by atoms with Crippen molar-refractivity contribution in [2.45, 2.75) is 44.6 Å². The molecule has 0 amide bonds. The molecule has 2 rings (SSSR count). The summed E-state index contributed by atoms with van der Waals surface area (Å²) in [5.74, 6) is -0.400. The summed E-state index contributed by atoms with van der Waals surface area (Å²) in [7, 11) is -3.89. The number of rotatable bonds is 7. The monoisotopic (exact) mass is 368 g/mol. The van der Waals surface area contributed by atoms with Gasteiger partial charge in [-0.15, -0.1) is 0 Å². The molecule has 2 aromatic rings. The van der Waals surface area contributed by atoms with Gasteiger partial charge >= 0.3 is 0 Å². The fourth-order valence-corrected chi connectivity index (χ4v) is 4.28. The van der Waals surface area contributed by atoms with Crippen molar-refractivity contribution >= 4 is 10.0 Å². The molecule has 1 unspecified atom stereocenters. The lowest BCUT2D eigenvalue weighted by molar-refractivity contribution is 0.344. The molecular weight excluding hydrogens is 343 g/mol. The smallest absolute Gasteiger partial charge is 0.241 e. The number of nitrogens with one attached hydrogen (secondary N) is 1. The van der Waals surface area contributed by atoms with Crippen LogP contribution < -0.4 is 10.5 Å². The Hall–Kier alpha value is -1.77. The average molecular weight is 368 g/mol. The first-order valence-corrected chi connectivity index (χ1v) is 9.60. The molecule has 0 bridgehead atoms. The Morgan fingerprint density at radius 2 is 2.08 bits per heavy atom. The molecule has 0 aliphatic rings. The van der Waals surface area contributed by atoms with E-state index in [0.29, 0.717) is 6.42 Å². The Kier molecular flexibility index (Phi) is 5.65. The zero-order valence-electron chi connectivity index (χ0n) is 15.0. The highest BCUT2D eigenvalue weighted by atomic mass is 32.2. The Morgan fingerprint density at radius 1 is 1.40 bits per heavy atom. The average Bonchev–Trinajstić information content (AvgIpc) is 2.92. The van der Waals surface area contributed by atoms with Gasteiger partial charge in [0.15, 0.2) is 0 Å². The largest absolute Gasteiger partial charge is 0.329 e. The number of hydrogen-bond donors (Lipinski definition) is 2.